The maximum absolute atomic E-state index is 13.0. The maximum atomic E-state index is 13.0. The van der Waals surface area contributed by atoms with Crippen LogP contribution in [0.25, 0.3) is 0 Å². The fraction of sp³-hybridized carbons (Fsp3) is 0.400. The molecule has 0 bridgehead atoms. The number of nitrogens with zero attached hydrogens (tertiary/aromatic N) is 1. The van der Waals surface area contributed by atoms with Crippen LogP contribution >= 0.6 is 0 Å². The lowest BCUT2D eigenvalue weighted by molar-refractivity contribution is -0.129. The summed E-state index contributed by atoms with van der Waals surface area (Å²) in [6, 6.07) is 12.4. The number of methoxy groups -OCH3 is 1. The van der Waals surface area contributed by atoms with E-state index in [-0.39, 0.29) is 41.7 Å². The van der Waals surface area contributed by atoms with Crippen molar-refractivity contribution in [2.45, 2.75) is 43.9 Å². The zero-order chi connectivity index (χ0) is 24.1. The first-order chi connectivity index (χ1) is 16.4. The highest BCUT2D eigenvalue weighted by molar-refractivity contribution is 5.94. The minimum Gasteiger partial charge on any atom is -0.497 e. The van der Waals surface area contributed by atoms with E-state index < -0.39 is 0 Å². The van der Waals surface area contributed by atoms with Crippen LogP contribution in [-0.2, 0) is 16.1 Å². The molecule has 3 atom stereocenters. The number of halogens is 1. The van der Waals surface area contributed by atoms with E-state index in [1.807, 2.05) is 0 Å². The average Bonchev–Trinajstić information content (AvgIpc) is 3.28. The maximum Gasteiger partial charge on any atom is 0.251 e. The summed E-state index contributed by atoms with van der Waals surface area (Å²) in [4.78, 5) is 39.5. The third kappa shape index (κ3) is 5.72. The molecule has 3 amide bonds. The van der Waals surface area contributed by atoms with Crippen LogP contribution in [0.4, 0.5) is 4.39 Å². The van der Waals surface area contributed by atoms with Crippen LogP contribution in [0.15, 0.2) is 48.5 Å². The Hall–Kier alpha value is -3.46. The number of benzene rings is 2. The highest BCUT2D eigenvalue weighted by Crippen LogP contribution is 2.26. The number of amides is 3. The molecule has 4 rings (SSSR count). The number of ether oxygens (including phenoxy) is 1. The molecule has 3 N–H and O–H groups in total. The Bertz CT molecular complexity index is 1030. The van der Waals surface area contributed by atoms with Gasteiger partial charge in [0.2, 0.25) is 11.8 Å². The Kier molecular flexibility index (Phi) is 7.42. The monoisotopic (exact) mass is 468 g/mol. The van der Waals surface area contributed by atoms with E-state index in [2.05, 4.69) is 20.9 Å². The van der Waals surface area contributed by atoms with E-state index in [1.54, 1.807) is 43.5 Å². The quantitative estimate of drug-likeness (QED) is 0.547. The van der Waals surface area contributed by atoms with Gasteiger partial charge in [0.25, 0.3) is 5.91 Å². The molecule has 2 aromatic carbocycles. The molecular formula is C25H29FN4O4. The minimum atomic E-state index is -0.317. The zero-order valence-electron chi connectivity index (χ0n) is 19.1. The number of rotatable bonds is 8. The molecule has 34 heavy (non-hydrogen) atoms. The number of carbonyl (C=O) groups is 3. The number of hydrogen-bond acceptors (Lipinski definition) is 5. The second-order valence-corrected chi connectivity index (χ2v) is 8.69. The van der Waals surface area contributed by atoms with E-state index >= 15 is 0 Å². The predicted octanol–water partition coefficient (Wildman–Crippen LogP) is 1.60. The second kappa shape index (κ2) is 10.6. The van der Waals surface area contributed by atoms with Gasteiger partial charge in [-0.1, -0.05) is 12.1 Å². The van der Waals surface area contributed by atoms with Crippen LogP contribution in [0.1, 0.15) is 35.2 Å². The number of hydrogen-bond donors (Lipinski definition) is 3. The molecule has 3 unspecified atom stereocenters. The number of piperazine rings is 1. The summed E-state index contributed by atoms with van der Waals surface area (Å²) in [5.41, 5.74) is 1.36. The molecule has 0 saturated carbocycles. The van der Waals surface area contributed by atoms with Crippen LogP contribution in [0.3, 0.4) is 0 Å². The van der Waals surface area contributed by atoms with Gasteiger partial charge in [0.05, 0.1) is 13.2 Å². The number of carbonyl (C=O) groups excluding carboxylic acids is 3. The van der Waals surface area contributed by atoms with Gasteiger partial charge >= 0.3 is 0 Å². The van der Waals surface area contributed by atoms with Crippen molar-refractivity contribution in [2.24, 2.45) is 0 Å². The molecule has 0 aromatic heterocycles. The molecule has 2 aliphatic rings. The Balaban J connectivity index is 1.28. The third-order valence-corrected chi connectivity index (χ3v) is 6.42. The van der Waals surface area contributed by atoms with Crippen LogP contribution in [0, 0.1) is 5.82 Å². The lowest BCUT2D eigenvalue weighted by atomic mass is 10.0. The fourth-order valence-electron chi connectivity index (χ4n) is 4.55. The molecule has 0 aliphatic carbocycles. The fourth-order valence-corrected chi connectivity index (χ4v) is 4.55. The second-order valence-electron chi connectivity index (χ2n) is 8.69. The molecule has 2 aromatic rings. The molecule has 2 heterocycles. The summed E-state index contributed by atoms with van der Waals surface area (Å²) in [6.07, 6.45) is 1.43. The minimum absolute atomic E-state index is 0.0159. The van der Waals surface area contributed by atoms with Crippen molar-refractivity contribution >= 4 is 17.7 Å². The molecule has 180 valence electrons. The van der Waals surface area contributed by atoms with Crippen LogP contribution < -0.4 is 20.7 Å². The molecule has 2 aliphatic heterocycles. The molecule has 8 nitrogen and oxygen atoms in total. The van der Waals surface area contributed by atoms with Gasteiger partial charge in [-0.3, -0.25) is 19.3 Å². The van der Waals surface area contributed by atoms with Gasteiger partial charge in [0.1, 0.15) is 11.6 Å². The molecule has 0 radical (unpaired) electrons. The van der Waals surface area contributed by atoms with E-state index in [4.69, 9.17) is 4.74 Å². The number of nitrogens with one attached hydrogen (secondary N) is 3. The van der Waals surface area contributed by atoms with Crippen molar-refractivity contribution in [3.8, 4) is 5.75 Å². The first kappa shape index (κ1) is 23.7. The highest BCUT2D eigenvalue weighted by Gasteiger charge is 2.43. The van der Waals surface area contributed by atoms with Gasteiger partial charge in [-0.05, 0) is 54.8 Å². The van der Waals surface area contributed by atoms with E-state index in [0.29, 0.717) is 50.2 Å². The lowest BCUT2D eigenvalue weighted by Crippen LogP contribution is -2.58. The van der Waals surface area contributed by atoms with E-state index in [9.17, 15) is 18.8 Å². The van der Waals surface area contributed by atoms with Crippen molar-refractivity contribution in [1.82, 2.24) is 20.9 Å². The highest BCUT2D eigenvalue weighted by atomic mass is 19.1. The largest absolute Gasteiger partial charge is 0.497 e. The van der Waals surface area contributed by atoms with Crippen LogP contribution in [0.2, 0.25) is 0 Å². The molecular weight excluding hydrogens is 439 g/mol. The van der Waals surface area contributed by atoms with Crippen molar-refractivity contribution in [3.63, 3.8) is 0 Å². The Labute approximate surface area is 197 Å². The van der Waals surface area contributed by atoms with Gasteiger partial charge in [-0.15, -0.1) is 0 Å². The molecule has 2 saturated heterocycles. The van der Waals surface area contributed by atoms with Crippen molar-refractivity contribution in [2.75, 3.05) is 20.2 Å². The lowest BCUT2D eigenvalue weighted by Gasteiger charge is -2.37. The van der Waals surface area contributed by atoms with Gasteiger partial charge in [-0.2, -0.15) is 0 Å². The average molecular weight is 469 g/mol. The molecule has 2 fully saturated rings. The SMILES string of the molecule is COc1ccc(C(=O)NC2CC3C(=O)NCC(CCC(=O)NCc4ccc(F)cc4)N3C2)cc1. The van der Waals surface area contributed by atoms with Crippen molar-refractivity contribution in [1.29, 1.82) is 0 Å². The van der Waals surface area contributed by atoms with Crippen molar-refractivity contribution < 1.29 is 23.5 Å². The van der Waals surface area contributed by atoms with E-state index in [0.717, 1.165) is 5.56 Å². The topological polar surface area (TPSA) is 99.8 Å². The summed E-state index contributed by atoms with van der Waals surface area (Å²) in [6.45, 7) is 1.37. The summed E-state index contributed by atoms with van der Waals surface area (Å²) in [5.74, 6) is 0.0352. The Morgan fingerprint density at radius 1 is 1.15 bits per heavy atom. The third-order valence-electron chi connectivity index (χ3n) is 6.42. The Morgan fingerprint density at radius 3 is 2.59 bits per heavy atom. The van der Waals surface area contributed by atoms with Crippen LogP contribution in [-0.4, -0.2) is 60.9 Å². The Morgan fingerprint density at radius 2 is 1.88 bits per heavy atom. The first-order valence-electron chi connectivity index (χ1n) is 11.4. The standard InChI is InChI=1S/C25H29FN4O4/c1-34-21-9-4-17(5-10-21)24(32)29-19-12-22-25(33)28-14-20(30(22)15-19)8-11-23(31)27-13-16-2-6-18(26)7-3-16/h2-7,9-10,19-20,22H,8,11-15H2,1H3,(H,27,31)(H,28,33)(H,29,32). The predicted molar refractivity (Wildman–Crippen MR) is 124 cm³/mol. The van der Waals surface area contributed by atoms with Gasteiger partial charge in [0, 0.05) is 43.7 Å². The summed E-state index contributed by atoms with van der Waals surface area (Å²) in [5, 5.41) is 8.82. The summed E-state index contributed by atoms with van der Waals surface area (Å²) in [7, 11) is 1.57. The van der Waals surface area contributed by atoms with Gasteiger partial charge in [-0.25, -0.2) is 4.39 Å². The van der Waals surface area contributed by atoms with Crippen LogP contribution in [0.5, 0.6) is 5.75 Å². The molecule has 9 heteroatoms. The summed E-state index contributed by atoms with van der Waals surface area (Å²) < 4.78 is 18.1. The zero-order valence-corrected chi connectivity index (χ0v) is 19.1. The normalized spacial score (nSPS) is 21.9. The molecule has 0 spiro atoms. The summed E-state index contributed by atoms with van der Waals surface area (Å²) >= 11 is 0. The smallest absolute Gasteiger partial charge is 0.251 e. The van der Waals surface area contributed by atoms with Gasteiger partial charge in [0.15, 0.2) is 0 Å². The van der Waals surface area contributed by atoms with E-state index in [1.165, 1.54) is 12.1 Å². The van der Waals surface area contributed by atoms with Crippen molar-refractivity contribution in [3.05, 3.63) is 65.5 Å². The van der Waals surface area contributed by atoms with Gasteiger partial charge < -0.3 is 20.7 Å². The number of fused-ring (bicyclic) bond motifs is 1. The first-order valence-corrected chi connectivity index (χ1v) is 11.4.